The zero-order valence-corrected chi connectivity index (χ0v) is 16.5. The third-order valence-corrected chi connectivity index (χ3v) is 5.07. The number of hydrogen-bond acceptors (Lipinski definition) is 4. The summed E-state index contributed by atoms with van der Waals surface area (Å²) in [5.74, 6) is -1.68. The highest BCUT2D eigenvalue weighted by molar-refractivity contribution is 6.07. The van der Waals surface area contributed by atoms with Gasteiger partial charge in [0, 0.05) is 13.0 Å². The summed E-state index contributed by atoms with van der Waals surface area (Å²) >= 11 is 0. The Morgan fingerprint density at radius 1 is 1.06 bits per heavy atom. The van der Waals surface area contributed by atoms with Crippen LogP contribution < -0.4 is 15.5 Å². The number of para-hydroxylation sites is 2. The molecule has 2 heterocycles. The average Bonchev–Trinajstić information content (AvgIpc) is 3.42. The van der Waals surface area contributed by atoms with Gasteiger partial charge in [-0.2, -0.15) is 0 Å². The Labute approximate surface area is 177 Å². The van der Waals surface area contributed by atoms with Crippen molar-refractivity contribution in [3.8, 4) is 0 Å². The van der Waals surface area contributed by atoms with Crippen LogP contribution in [-0.4, -0.2) is 24.3 Å². The molecule has 1 fully saturated rings. The minimum Gasteiger partial charge on any atom is -0.467 e. The van der Waals surface area contributed by atoms with E-state index in [1.54, 1.807) is 42.5 Å². The van der Waals surface area contributed by atoms with E-state index in [4.69, 9.17) is 4.42 Å². The number of anilines is 2. The fourth-order valence-electron chi connectivity index (χ4n) is 3.49. The first kappa shape index (κ1) is 20.3. The summed E-state index contributed by atoms with van der Waals surface area (Å²) in [5, 5.41) is 5.48. The highest BCUT2D eigenvalue weighted by Crippen LogP contribution is 2.28. The first-order valence-corrected chi connectivity index (χ1v) is 9.78. The molecule has 31 heavy (non-hydrogen) atoms. The Morgan fingerprint density at radius 3 is 2.61 bits per heavy atom. The predicted molar refractivity (Wildman–Crippen MR) is 112 cm³/mol. The van der Waals surface area contributed by atoms with Crippen LogP contribution in [-0.2, 0) is 16.1 Å². The van der Waals surface area contributed by atoms with Crippen molar-refractivity contribution in [1.82, 2.24) is 5.32 Å². The summed E-state index contributed by atoms with van der Waals surface area (Å²) < 4.78 is 19.3. The molecule has 0 saturated carbocycles. The number of hydrogen-bond donors (Lipinski definition) is 2. The molecule has 158 valence electrons. The zero-order valence-electron chi connectivity index (χ0n) is 16.5. The zero-order chi connectivity index (χ0) is 21.8. The lowest BCUT2D eigenvalue weighted by Gasteiger charge is -2.17. The van der Waals surface area contributed by atoms with Gasteiger partial charge in [0.2, 0.25) is 11.8 Å². The molecular weight excluding hydrogens is 401 g/mol. The molecule has 2 N–H and O–H groups in total. The highest BCUT2D eigenvalue weighted by atomic mass is 19.1. The molecule has 1 aliphatic rings. The molecule has 1 aromatic heterocycles. The number of halogens is 1. The van der Waals surface area contributed by atoms with E-state index in [1.807, 2.05) is 0 Å². The normalized spacial score (nSPS) is 15.7. The minimum absolute atomic E-state index is 0.0347. The Morgan fingerprint density at radius 2 is 1.84 bits per heavy atom. The van der Waals surface area contributed by atoms with Gasteiger partial charge in [0.15, 0.2) is 0 Å². The summed E-state index contributed by atoms with van der Waals surface area (Å²) in [6.07, 6.45) is 1.48. The lowest BCUT2D eigenvalue weighted by Crippen LogP contribution is -2.29. The third-order valence-electron chi connectivity index (χ3n) is 5.07. The number of nitrogens with zero attached hydrogens (tertiary/aromatic N) is 1. The summed E-state index contributed by atoms with van der Waals surface area (Å²) in [7, 11) is 0. The van der Waals surface area contributed by atoms with E-state index < -0.39 is 17.6 Å². The topological polar surface area (TPSA) is 91.6 Å². The van der Waals surface area contributed by atoms with Crippen LogP contribution in [0, 0.1) is 11.7 Å². The van der Waals surface area contributed by atoms with Gasteiger partial charge in [-0.05, 0) is 36.4 Å². The van der Waals surface area contributed by atoms with Crippen LogP contribution in [0.25, 0.3) is 0 Å². The lowest BCUT2D eigenvalue weighted by atomic mass is 10.1. The average molecular weight is 421 g/mol. The van der Waals surface area contributed by atoms with Gasteiger partial charge in [0.05, 0.1) is 35.7 Å². The summed E-state index contributed by atoms with van der Waals surface area (Å²) in [6, 6.07) is 16.0. The molecule has 1 saturated heterocycles. The van der Waals surface area contributed by atoms with Crippen molar-refractivity contribution in [1.29, 1.82) is 0 Å². The van der Waals surface area contributed by atoms with Crippen LogP contribution in [0.5, 0.6) is 0 Å². The van der Waals surface area contributed by atoms with E-state index >= 15 is 0 Å². The molecule has 8 heteroatoms. The van der Waals surface area contributed by atoms with Gasteiger partial charge in [-0.25, -0.2) is 4.39 Å². The van der Waals surface area contributed by atoms with Crippen LogP contribution >= 0.6 is 0 Å². The number of carbonyl (C=O) groups excluding carboxylic acids is 3. The van der Waals surface area contributed by atoms with Crippen LogP contribution in [0.2, 0.25) is 0 Å². The first-order valence-electron chi connectivity index (χ1n) is 9.78. The van der Waals surface area contributed by atoms with Crippen molar-refractivity contribution >= 4 is 29.1 Å². The second kappa shape index (κ2) is 8.83. The first-order chi connectivity index (χ1) is 15.0. The molecular formula is C23H20FN3O4. The Kier molecular flexibility index (Phi) is 5.79. The van der Waals surface area contributed by atoms with Gasteiger partial charge < -0.3 is 20.0 Å². The molecule has 0 unspecified atom stereocenters. The predicted octanol–water partition coefficient (Wildman–Crippen LogP) is 3.34. The van der Waals surface area contributed by atoms with Gasteiger partial charge in [0.1, 0.15) is 11.6 Å². The number of carbonyl (C=O) groups is 3. The molecule has 0 radical (unpaired) electrons. The standard InChI is InChI=1S/C23H20FN3O4/c24-18-8-2-4-10-20(18)27-14-15(12-21(27)28)22(29)26-19-9-3-1-7-17(19)23(30)25-13-16-6-5-11-31-16/h1-11,15H,12-14H2,(H,25,30)(H,26,29)/t15-/m0/s1. The molecule has 1 aliphatic heterocycles. The summed E-state index contributed by atoms with van der Waals surface area (Å²) in [6.45, 7) is 0.279. The Bertz CT molecular complexity index is 1110. The molecule has 3 amide bonds. The smallest absolute Gasteiger partial charge is 0.253 e. The number of benzene rings is 2. The maximum Gasteiger partial charge on any atom is 0.253 e. The van der Waals surface area contributed by atoms with Gasteiger partial charge in [-0.15, -0.1) is 0 Å². The highest BCUT2D eigenvalue weighted by Gasteiger charge is 2.36. The number of furan rings is 1. The van der Waals surface area contributed by atoms with Crippen molar-refractivity contribution in [2.24, 2.45) is 5.92 Å². The summed E-state index contributed by atoms with van der Waals surface area (Å²) in [4.78, 5) is 39.0. The van der Waals surface area contributed by atoms with E-state index in [1.165, 1.54) is 29.4 Å². The Balaban J connectivity index is 1.44. The third kappa shape index (κ3) is 4.48. The van der Waals surface area contributed by atoms with Crippen molar-refractivity contribution in [2.45, 2.75) is 13.0 Å². The summed E-state index contributed by atoms with van der Waals surface area (Å²) in [5.41, 5.74) is 0.777. The van der Waals surface area contributed by atoms with E-state index in [9.17, 15) is 18.8 Å². The van der Waals surface area contributed by atoms with Crippen LogP contribution in [0.1, 0.15) is 22.5 Å². The van der Waals surface area contributed by atoms with E-state index in [2.05, 4.69) is 10.6 Å². The minimum atomic E-state index is -0.661. The van der Waals surface area contributed by atoms with Crippen molar-refractivity contribution in [2.75, 3.05) is 16.8 Å². The maximum absolute atomic E-state index is 14.1. The quantitative estimate of drug-likeness (QED) is 0.639. The number of amides is 3. The van der Waals surface area contributed by atoms with Gasteiger partial charge in [-0.3, -0.25) is 14.4 Å². The van der Waals surface area contributed by atoms with Crippen molar-refractivity contribution in [3.63, 3.8) is 0 Å². The second-order valence-electron chi connectivity index (χ2n) is 7.15. The fraction of sp³-hybridized carbons (Fsp3) is 0.174. The molecule has 7 nitrogen and oxygen atoms in total. The molecule has 1 atom stereocenters. The molecule has 0 bridgehead atoms. The molecule has 3 aromatic rings. The maximum atomic E-state index is 14.1. The molecule has 0 spiro atoms. The van der Waals surface area contributed by atoms with E-state index in [-0.39, 0.29) is 42.6 Å². The van der Waals surface area contributed by atoms with Gasteiger partial charge in [0.25, 0.3) is 5.91 Å². The molecule has 4 rings (SSSR count). The van der Waals surface area contributed by atoms with Crippen molar-refractivity contribution < 1.29 is 23.2 Å². The largest absolute Gasteiger partial charge is 0.467 e. The van der Waals surface area contributed by atoms with Crippen LogP contribution in [0.15, 0.2) is 71.3 Å². The second-order valence-corrected chi connectivity index (χ2v) is 7.15. The van der Waals surface area contributed by atoms with Gasteiger partial charge in [-0.1, -0.05) is 24.3 Å². The number of nitrogens with one attached hydrogen (secondary N) is 2. The lowest BCUT2D eigenvalue weighted by molar-refractivity contribution is -0.122. The SMILES string of the molecule is O=C(NCc1ccco1)c1ccccc1NC(=O)[C@H]1CC(=O)N(c2ccccc2F)C1. The fourth-order valence-corrected chi connectivity index (χ4v) is 3.49. The molecule has 2 aromatic carbocycles. The van der Waals surface area contributed by atoms with Crippen LogP contribution in [0.4, 0.5) is 15.8 Å². The van der Waals surface area contributed by atoms with Crippen LogP contribution in [0.3, 0.4) is 0 Å². The monoisotopic (exact) mass is 421 g/mol. The van der Waals surface area contributed by atoms with E-state index in [0.717, 1.165) is 0 Å². The molecule has 0 aliphatic carbocycles. The number of rotatable bonds is 6. The van der Waals surface area contributed by atoms with E-state index in [0.29, 0.717) is 11.4 Å². The Hall–Kier alpha value is -3.94. The van der Waals surface area contributed by atoms with Gasteiger partial charge >= 0.3 is 0 Å². The van der Waals surface area contributed by atoms with Crippen molar-refractivity contribution in [3.05, 3.63) is 84.1 Å².